The Labute approximate surface area is 162 Å². The number of benzene rings is 1. The molecule has 1 heterocycles. The highest BCUT2D eigenvalue weighted by molar-refractivity contribution is 5.92. The minimum absolute atomic E-state index is 0.0907. The number of hydrogen-bond acceptors (Lipinski definition) is 4. The summed E-state index contributed by atoms with van der Waals surface area (Å²) in [6.07, 6.45) is 8.92. The van der Waals surface area contributed by atoms with Gasteiger partial charge in [-0.25, -0.2) is 0 Å². The summed E-state index contributed by atoms with van der Waals surface area (Å²) in [5.74, 6) is 1.55. The molecule has 1 saturated heterocycles. The van der Waals surface area contributed by atoms with Crippen molar-refractivity contribution in [2.24, 2.45) is 0 Å². The molecule has 0 spiro atoms. The molecule has 0 bridgehead atoms. The lowest BCUT2D eigenvalue weighted by molar-refractivity contribution is -0.127. The summed E-state index contributed by atoms with van der Waals surface area (Å²) in [7, 11) is 0. The third-order valence-electron chi connectivity index (χ3n) is 5.45. The van der Waals surface area contributed by atoms with Crippen molar-refractivity contribution < 1.29 is 14.3 Å². The number of hydrogen-bond donors (Lipinski definition) is 0. The minimum Gasteiger partial charge on any atom is -0.490 e. The Bertz CT molecular complexity index is 645. The van der Waals surface area contributed by atoms with Crippen LogP contribution in [0.15, 0.2) is 24.3 Å². The summed E-state index contributed by atoms with van der Waals surface area (Å²) in [6.45, 7) is 8.74. The van der Waals surface area contributed by atoms with Crippen LogP contribution in [0.2, 0.25) is 0 Å². The molecule has 1 saturated carbocycles. The molecule has 3 rings (SSSR count). The zero-order valence-electron chi connectivity index (χ0n) is 16.7. The van der Waals surface area contributed by atoms with Crippen LogP contribution >= 0.6 is 0 Å². The lowest BCUT2D eigenvalue weighted by atomic mass is 10.1. The van der Waals surface area contributed by atoms with Crippen LogP contribution in [0, 0.1) is 0 Å². The van der Waals surface area contributed by atoms with Gasteiger partial charge in [0.1, 0.15) is 0 Å². The molecule has 1 aliphatic carbocycles. The van der Waals surface area contributed by atoms with Crippen LogP contribution in [-0.4, -0.2) is 61.1 Å². The van der Waals surface area contributed by atoms with E-state index in [4.69, 9.17) is 9.47 Å². The van der Waals surface area contributed by atoms with Crippen molar-refractivity contribution in [2.45, 2.75) is 45.6 Å². The van der Waals surface area contributed by atoms with Crippen LogP contribution in [0.1, 0.15) is 45.1 Å². The molecule has 148 valence electrons. The zero-order valence-corrected chi connectivity index (χ0v) is 16.7. The van der Waals surface area contributed by atoms with Crippen LogP contribution in [0.4, 0.5) is 0 Å². The molecule has 0 unspecified atom stereocenters. The first-order valence-electron chi connectivity index (χ1n) is 10.3. The number of piperazine rings is 1. The monoisotopic (exact) mass is 372 g/mol. The van der Waals surface area contributed by atoms with E-state index in [2.05, 4.69) is 4.90 Å². The van der Waals surface area contributed by atoms with E-state index in [1.54, 1.807) is 6.08 Å². The molecule has 27 heavy (non-hydrogen) atoms. The van der Waals surface area contributed by atoms with E-state index in [-0.39, 0.29) is 5.91 Å². The fourth-order valence-electron chi connectivity index (χ4n) is 4.02. The first-order valence-corrected chi connectivity index (χ1v) is 10.3. The van der Waals surface area contributed by atoms with Gasteiger partial charge in [0.2, 0.25) is 5.91 Å². The van der Waals surface area contributed by atoms with E-state index >= 15 is 0 Å². The largest absolute Gasteiger partial charge is 0.490 e. The molecule has 1 aromatic carbocycles. The van der Waals surface area contributed by atoms with Crippen LogP contribution in [0.25, 0.3) is 6.08 Å². The normalized spacial score (nSPS) is 19.0. The predicted molar refractivity (Wildman–Crippen MR) is 108 cm³/mol. The molecular formula is C22H32N2O3. The van der Waals surface area contributed by atoms with Crippen molar-refractivity contribution in [3.63, 3.8) is 0 Å². The summed E-state index contributed by atoms with van der Waals surface area (Å²) >= 11 is 0. The van der Waals surface area contributed by atoms with Crippen LogP contribution in [0.3, 0.4) is 0 Å². The highest BCUT2D eigenvalue weighted by Gasteiger charge is 2.27. The highest BCUT2D eigenvalue weighted by atomic mass is 16.5. The quantitative estimate of drug-likeness (QED) is 0.686. The second kappa shape index (κ2) is 9.79. The van der Waals surface area contributed by atoms with Gasteiger partial charge in [-0.3, -0.25) is 9.69 Å². The van der Waals surface area contributed by atoms with E-state index in [0.29, 0.717) is 13.2 Å². The molecule has 1 aromatic rings. The second-order valence-corrected chi connectivity index (χ2v) is 7.21. The zero-order chi connectivity index (χ0) is 19.1. The summed E-state index contributed by atoms with van der Waals surface area (Å²) in [5, 5.41) is 0. The number of nitrogens with zero attached hydrogens (tertiary/aromatic N) is 2. The van der Waals surface area contributed by atoms with Crippen molar-refractivity contribution in [3.05, 3.63) is 29.8 Å². The predicted octanol–water partition coefficient (Wildman–Crippen LogP) is 3.58. The van der Waals surface area contributed by atoms with Crippen LogP contribution in [-0.2, 0) is 4.79 Å². The number of rotatable bonds is 7. The van der Waals surface area contributed by atoms with Gasteiger partial charge in [-0.2, -0.15) is 0 Å². The van der Waals surface area contributed by atoms with Gasteiger partial charge in [0.25, 0.3) is 0 Å². The Morgan fingerprint density at radius 1 is 1.04 bits per heavy atom. The maximum Gasteiger partial charge on any atom is 0.246 e. The Hall–Kier alpha value is -2.01. The molecule has 1 aliphatic heterocycles. The van der Waals surface area contributed by atoms with Crippen molar-refractivity contribution >= 4 is 12.0 Å². The van der Waals surface area contributed by atoms with E-state index in [1.165, 1.54) is 25.7 Å². The Balaban J connectivity index is 1.55. The number of carbonyl (C=O) groups is 1. The second-order valence-electron chi connectivity index (χ2n) is 7.21. The van der Waals surface area contributed by atoms with Gasteiger partial charge in [0.15, 0.2) is 11.5 Å². The molecule has 0 aromatic heterocycles. The molecule has 5 heteroatoms. The number of carbonyl (C=O) groups excluding carboxylic acids is 1. The van der Waals surface area contributed by atoms with Crippen molar-refractivity contribution in [1.29, 1.82) is 0 Å². The summed E-state index contributed by atoms with van der Waals surface area (Å²) in [6, 6.07) is 6.53. The lowest BCUT2D eigenvalue weighted by Crippen LogP contribution is -2.51. The van der Waals surface area contributed by atoms with Gasteiger partial charge in [-0.15, -0.1) is 0 Å². The molecule has 2 fully saturated rings. The van der Waals surface area contributed by atoms with Crippen LogP contribution < -0.4 is 9.47 Å². The summed E-state index contributed by atoms with van der Waals surface area (Å²) in [4.78, 5) is 17.1. The SMILES string of the molecule is CCOc1ccc(/C=C/C(=O)N2CCN(C3CCCC3)CC2)cc1OCC. The van der Waals surface area contributed by atoms with E-state index in [1.807, 2.05) is 43.0 Å². The van der Waals surface area contributed by atoms with Crippen LogP contribution in [0.5, 0.6) is 11.5 Å². The molecule has 0 atom stereocenters. The van der Waals surface area contributed by atoms with E-state index in [9.17, 15) is 4.79 Å². The summed E-state index contributed by atoms with van der Waals surface area (Å²) < 4.78 is 11.2. The average molecular weight is 373 g/mol. The smallest absolute Gasteiger partial charge is 0.246 e. The van der Waals surface area contributed by atoms with Gasteiger partial charge in [0, 0.05) is 38.3 Å². The van der Waals surface area contributed by atoms with Gasteiger partial charge < -0.3 is 14.4 Å². The third kappa shape index (κ3) is 5.25. The molecular weight excluding hydrogens is 340 g/mol. The van der Waals surface area contributed by atoms with Crippen molar-refractivity contribution in [3.8, 4) is 11.5 Å². The minimum atomic E-state index is 0.0907. The molecule has 5 nitrogen and oxygen atoms in total. The van der Waals surface area contributed by atoms with E-state index < -0.39 is 0 Å². The maximum absolute atomic E-state index is 12.5. The molecule has 0 N–H and O–H groups in total. The van der Waals surface area contributed by atoms with E-state index in [0.717, 1.165) is 49.3 Å². The fourth-order valence-corrected chi connectivity index (χ4v) is 4.02. The maximum atomic E-state index is 12.5. The standard InChI is InChI=1S/C22H32N2O3/c1-3-26-20-11-9-18(17-21(20)27-4-2)10-12-22(25)24-15-13-23(14-16-24)19-7-5-6-8-19/h9-12,17,19H,3-8,13-16H2,1-2H3/b12-10+. The first kappa shape index (κ1) is 19.7. The molecule has 2 aliphatic rings. The van der Waals surface area contributed by atoms with Gasteiger partial charge in [-0.05, 0) is 50.5 Å². The highest BCUT2D eigenvalue weighted by Crippen LogP contribution is 2.29. The van der Waals surface area contributed by atoms with Crippen molar-refractivity contribution in [2.75, 3.05) is 39.4 Å². The Kier molecular flexibility index (Phi) is 7.16. The Morgan fingerprint density at radius 2 is 1.70 bits per heavy atom. The average Bonchev–Trinajstić information content (AvgIpc) is 3.23. The Morgan fingerprint density at radius 3 is 2.37 bits per heavy atom. The van der Waals surface area contributed by atoms with Crippen molar-refractivity contribution in [1.82, 2.24) is 9.80 Å². The van der Waals surface area contributed by atoms with Gasteiger partial charge >= 0.3 is 0 Å². The molecule has 1 amide bonds. The fraction of sp³-hybridized carbons (Fsp3) is 0.591. The number of amides is 1. The first-order chi connectivity index (χ1) is 13.2. The number of ether oxygens (including phenoxy) is 2. The molecule has 0 radical (unpaired) electrons. The summed E-state index contributed by atoms with van der Waals surface area (Å²) in [5.41, 5.74) is 0.944. The lowest BCUT2D eigenvalue weighted by Gasteiger charge is -2.37. The topological polar surface area (TPSA) is 42.0 Å². The van der Waals surface area contributed by atoms with Gasteiger partial charge in [0.05, 0.1) is 13.2 Å². The van der Waals surface area contributed by atoms with Gasteiger partial charge in [-0.1, -0.05) is 18.9 Å². The third-order valence-corrected chi connectivity index (χ3v) is 5.45.